The highest BCUT2D eigenvalue weighted by atomic mass is 16.7. The predicted molar refractivity (Wildman–Crippen MR) is 397 cm³/mol. The lowest BCUT2D eigenvalue weighted by Gasteiger charge is -2.46. The number of nitrogens with one attached hydrogen (secondary N) is 3. The molecule has 21 N–H and O–H groups in total. The van der Waals surface area contributed by atoms with Crippen molar-refractivity contribution in [2.24, 2.45) is 29.2 Å². The van der Waals surface area contributed by atoms with Crippen molar-refractivity contribution >= 4 is 58.9 Å². The molecule has 3 aliphatic heterocycles. The number of ether oxygens (including phenoxy) is 4. The van der Waals surface area contributed by atoms with E-state index in [-0.39, 0.29) is 50.0 Å². The summed E-state index contributed by atoms with van der Waals surface area (Å²) in [6.07, 6.45) is 1.12. The Morgan fingerprint density at radius 3 is 1.66 bits per heavy atom. The van der Waals surface area contributed by atoms with Crippen LogP contribution >= 0.6 is 0 Å². The minimum absolute atomic E-state index is 0.0513. The molecular weight excluding hydrogens is 1430 g/mol. The summed E-state index contributed by atoms with van der Waals surface area (Å²) in [4.78, 5) is 109. The number of likely N-dealkylation sites (N-methyl/N-ethyl adjacent to an activating group) is 2. The SMILES string of the molecule is CNc1ccc(C(=O)CC(O)CCC(C)C2OC(=O)CC(O)CC(=O)CC(O)CC(O)CC(O)CC(O)CC3(O)CC(O)C(C(=O)NCCN(C)C)C(CC(O[C@@H]4O[C@H](C)[C@@H](O)[C@H](NC(=O)CN(C)C)[C@@H]4O)/C=C/C=C/C=C/C=C/C=C/C=C/C=C/C2C)O3)cc1.N[C@@H](CC(=O)O)C(=O)O.N[C@@H](CC(=O)O)C(=O)O. The van der Waals surface area contributed by atoms with E-state index in [1.807, 2.05) is 38.9 Å². The van der Waals surface area contributed by atoms with Crippen molar-refractivity contribution in [3.8, 4) is 0 Å². The number of nitrogens with two attached hydrogens (primary N) is 2. The number of allylic oxidation sites excluding steroid dienone is 12. The molecule has 34 nitrogen and oxygen atoms in total. The van der Waals surface area contributed by atoms with Crippen molar-refractivity contribution in [3.63, 3.8) is 0 Å². The monoisotopic (exact) mass is 1550 g/mol. The van der Waals surface area contributed by atoms with E-state index >= 15 is 0 Å². The minimum atomic E-state index is -2.32. The first kappa shape index (κ1) is 97.2. The predicted octanol–water partition coefficient (Wildman–Crippen LogP) is -0.196. The van der Waals surface area contributed by atoms with Gasteiger partial charge in [-0.05, 0) is 97.4 Å². The van der Waals surface area contributed by atoms with Gasteiger partial charge in [-0.25, -0.2) is 0 Å². The number of rotatable bonds is 23. The molecule has 4 rings (SSSR count). The molecule has 34 heteroatoms. The average Bonchev–Trinajstić information content (AvgIpc) is 0.784. The number of hydrogen-bond donors (Lipinski definition) is 19. The molecule has 614 valence electrons. The molecule has 0 saturated carbocycles. The summed E-state index contributed by atoms with van der Waals surface area (Å²) in [5.41, 5.74) is 11.0. The molecule has 0 radical (unpaired) electrons. The highest BCUT2D eigenvalue weighted by Gasteiger charge is 2.51. The van der Waals surface area contributed by atoms with Crippen LogP contribution < -0.4 is 27.4 Å². The number of hydrogen-bond acceptors (Lipinski definition) is 28. The Kier molecular flexibility index (Phi) is 45.4. The topological polar surface area (TPSA) is 568 Å². The Morgan fingerprint density at radius 1 is 0.642 bits per heavy atom. The first-order chi connectivity index (χ1) is 51.1. The number of aliphatic hydroxyl groups excluding tert-OH is 9. The number of fused-ring (bicyclic) bond motifs is 2. The standard InChI is InChI=1S/C67H103N5O19.2C4H7NO4/c1-42-21-19-17-15-13-11-9-10-12-14-16-18-20-22-54(89-66-63(85)61(62(84)44(3)88-66)70-58(82)41-72(7)8)38-57-60(65(86)69-29-30-71(5)6)56(81)40-67(87,91-57)39-53(79)35-51(77)33-49(75)31-48(74)32-50(76)34-52(78)37-59(83)90-64(42)43(2)23-28-47(73)36-55(80)45-24-26-46(68-4)27-25-45;2*5-2(4(8)9)1-3(6)7/h9-22,24-27,42-44,47-49,51-54,56-57,60-64,66,68,73-75,77-79,81,84-85,87H,23,28-41H2,1-8H3,(H,69,86)(H,70,82);2*2H,1,5H2,(H,6,7)(H,8,9)/b10-9+,13-11+,14-12+,17-15+,18-16+,21-19+,22-20+;;/t42?,43?,44-,47?,48?,49?,51?,52?,53?,54?,56?,57?,60?,61+,62-,63+,64?,66+,67?;2*2-/m100/s1. The van der Waals surface area contributed by atoms with Crippen molar-refractivity contribution in [1.82, 2.24) is 20.4 Å². The van der Waals surface area contributed by atoms with Crippen molar-refractivity contribution in [1.29, 1.82) is 0 Å². The van der Waals surface area contributed by atoms with Crippen LogP contribution in [0.15, 0.2) is 109 Å². The fraction of sp³-hybridized carbons (Fsp3) is 0.613. The summed E-state index contributed by atoms with van der Waals surface area (Å²) in [5, 5.41) is 153. The number of ketones is 2. The van der Waals surface area contributed by atoms with Gasteiger partial charge in [0.15, 0.2) is 17.9 Å². The van der Waals surface area contributed by atoms with Crippen LogP contribution in [0.25, 0.3) is 0 Å². The largest absolute Gasteiger partial charge is 0.481 e. The number of anilines is 1. The fourth-order valence-electron chi connectivity index (χ4n) is 11.8. The molecule has 1 aromatic rings. The third-order valence-corrected chi connectivity index (χ3v) is 17.4. The minimum Gasteiger partial charge on any atom is -0.481 e. The number of aliphatic hydroxyl groups is 10. The first-order valence-electron chi connectivity index (χ1n) is 35.9. The summed E-state index contributed by atoms with van der Waals surface area (Å²) in [7, 11) is 8.75. The molecule has 109 heavy (non-hydrogen) atoms. The maximum Gasteiger partial charge on any atom is 0.321 e. The van der Waals surface area contributed by atoms with Crippen LogP contribution in [0.4, 0.5) is 5.69 Å². The van der Waals surface area contributed by atoms with E-state index in [1.165, 1.54) is 6.92 Å². The van der Waals surface area contributed by atoms with Crippen molar-refractivity contribution in [3.05, 3.63) is 115 Å². The molecule has 2 fully saturated rings. The van der Waals surface area contributed by atoms with Crippen LogP contribution in [0.1, 0.15) is 121 Å². The molecule has 1 aromatic carbocycles. The van der Waals surface area contributed by atoms with Crippen molar-refractivity contribution < 1.29 is 134 Å². The third-order valence-electron chi connectivity index (χ3n) is 17.4. The summed E-state index contributed by atoms with van der Waals surface area (Å²) in [6, 6.07) is 3.10. The summed E-state index contributed by atoms with van der Waals surface area (Å²) >= 11 is 0. The van der Waals surface area contributed by atoms with Crippen LogP contribution in [0.2, 0.25) is 0 Å². The molecular formula is C75H117N7O27. The number of carboxylic acids is 4. The van der Waals surface area contributed by atoms with E-state index in [4.69, 9.17) is 50.8 Å². The number of nitrogens with zero attached hydrogens (tertiary/aromatic N) is 2. The quantitative estimate of drug-likeness (QED) is 0.0498. The van der Waals surface area contributed by atoms with Crippen LogP contribution in [-0.2, 0) is 57.3 Å². The lowest BCUT2D eigenvalue weighted by molar-refractivity contribution is -0.307. The third kappa shape index (κ3) is 40.1. The second kappa shape index (κ2) is 50.8. The van der Waals surface area contributed by atoms with E-state index < -0.39 is 227 Å². The number of cyclic esters (lactones) is 1. The number of Topliss-reactive ketones (excluding diaryl/α,β-unsaturated/α-hetero) is 2. The maximum absolute atomic E-state index is 14.0. The number of esters is 1. The van der Waals surface area contributed by atoms with Gasteiger partial charge in [-0.1, -0.05) is 98.9 Å². The fourth-order valence-corrected chi connectivity index (χ4v) is 11.8. The van der Waals surface area contributed by atoms with E-state index in [0.717, 1.165) is 5.69 Å². The number of aliphatic carboxylic acids is 4. The smallest absolute Gasteiger partial charge is 0.321 e. The van der Waals surface area contributed by atoms with Gasteiger partial charge < -0.3 is 128 Å². The molecule has 0 spiro atoms. The van der Waals surface area contributed by atoms with Gasteiger partial charge in [0.25, 0.3) is 0 Å². The molecule has 3 aliphatic rings. The van der Waals surface area contributed by atoms with Crippen LogP contribution in [0.3, 0.4) is 0 Å². The zero-order chi connectivity index (χ0) is 82.3. The molecule has 0 aromatic heterocycles. The molecule has 2 amide bonds. The van der Waals surface area contributed by atoms with E-state index in [2.05, 4.69) is 16.0 Å². The van der Waals surface area contributed by atoms with Gasteiger partial charge in [0.1, 0.15) is 36.2 Å². The number of carbonyl (C=O) groups excluding carboxylic acids is 5. The zero-order valence-electron chi connectivity index (χ0n) is 63.1. The van der Waals surface area contributed by atoms with Crippen molar-refractivity contribution in [2.75, 3.05) is 60.2 Å². The number of amides is 2. The Hall–Kier alpha value is -7.85. The zero-order valence-corrected chi connectivity index (χ0v) is 63.1. The summed E-state index contributed by atoms with van der Waals surface area (Å²) in [6.45, 7) is 5.81. The van der Waals surface area contributed by atoms with E-state index in [1.54, 1.807) is 129 Å². The Balaban J connectivity index is 0.00000197. The molecule has 21 atom stereocenters. The first-order valence-corrected chi connectivity index (χ1v) is 35.9. The lowest BCUT2D eigenvalue weighted by Crippen LogP contribution is -2.64. The molecule has 3 heterocycles. The van der Waals surface area contributed by atoms with Gasteiger partial charge in [0, 0.05) is 75.8 Å². The Bertz CT molecular complexity index is 3170. The van der Waals surface area contributed by atoms with E-state index in [0.29, 0.717) is 18.5 Å². The second-order valence-corrected chi connectivity index (χ2v) is 28.0. The molecule has 14 unspecified atom stereocenters. The van der Waals surface area contributed by atoms with Gasteiger partial charge in [0.05, 0.1) is 98.8 Å². The number of benzene rings is 1. The van der Waals surface area contributed by atoms with Crippen LogP contribution in [0.5, 0.6) is 0 Å². The van der Waals surface area contributed by atoms with Crippen LogP contribution in [0, 0.1) is 17.8 Å². The number of carboxylic acid groups (broad SMARTS) is 4. The molecule has 2 saturated heterocycles. The normalized spacial score (nSPS) is 31.2. The molecule has 2 bridgehead atoms. The van der Waals surface area contributed by atoms with Crippen molar-refractivity contribution in [2.45, 2.75) is 220 Å². The Morgan fingerprint density at radius 2 is 1.16 bits per heavy atom. The second-order valence-electron chi connectivity index (χ2n) is 28.0. The van der Waals surface area contributed by atoms with Gasteiger partial charge in [-0.2, -0.15) is 0 Å². The van der Waals surface area contributed by atoms with Gasteiger partial charge in [-0.3, -0.25) is 43.2 Å². The van der Waals surface area contributed by atoms with Crippen LogP contribution in [-0.4, -0.2) is 299 Å². The molecule has 0 aliphatic carbocycles. The maximum atomic E-state index is 14.0. The van der Waals surface area contributed by atoms with E-state index in [9.17, 15) is 94.2 Å². The summed E-state index contributed by atoms with van der Waals surface area (Å²) in [5.74, 6) is -12.1. The van der Waals surface area contributed by atoms with Gasteiger partial charge in [0.2, 0.25) is 11.8 Å². The highest BCUT2D eigenvalue weighted by molar-refractivity contribution is 5.96. The van der Waals surface area contributed by atoms with Gasteiger partial charge >= 0.3 is 29.8 Å². The Labute approximate surface area is 635 Å². The average molecular weight is 1550 g/mol. The number of carbonyl (C=O) groups is 9. The lowest BCUT2D eigenvalue weighted by atomic mass is 9.82. The highest BCUT2D eigenvalue weighted by Crippen LogP contribution is 2.39. The summed E-state index contributed by atoms with van der Waals surface area (Å²) < 4.78 is 24.6. The van der Waals surface area contributed by atoms with Gasteiger partial charge in [-0.15, -0.1) is 0 Å².